The van der Waals surface area contributed by atoms with Crippen molar-refractivity contribution in [3.63, 3.8) is 0 Å². The minimum Gasteiger partial charge on any atom is -0.383 e. The second-order valence-corrected chi connectivity index (χ2v) is 9.24. The van der Waals surface area contributed by atoms with Gasteiger partial charge in [-0.3, -0.25) is 0 Å². The maximum Gasteiger partial charge on any atom is 0.240 e. The Morgan fingerprint density at radius 2 is 2.00 bits per heavy atom. The van der Waals surface area contributed by atoms with Crippen LogP contribution in [0.3, 0.4) is 0 Å². The van der Waals surface area contributed by atoms with Crippen molar-refractivity contribution in [2.24, 2.45) is 4.99 Å². The maximum absolute atomic E-state index is 12.3. The molecule has 162 valence electrons. The number of guanidine groups is 1. The van der Waals surface area contributed by atoms with Gasteiger partial charge in [-0.2, -0.15) is 0 Å². The van der Waals surface area contributed by atoms with Crippen LogP contribution in [0.5, 0.6) is 0 Å². The largest absolute Gasteiger partial charge is 0.383 e. The van der Waals surface area contributed by atoms with Crippen LogP contribution in [0.4, 0.5) is 0 Å². The zero-order valence-electron chi connectivity index (χ0n) is 16.9. The summed E-state index contributed by atoms with van der Waals surface area (Å²) in [6.07, 6.45) is 0. The summed E-state index contributed by atoms with van der Waals surface area (Å²) in [5.74, 6) is 0.694. The molecule has 1 heterocycles. The lowest BCUT2D eigenvalue weighted by Gasteiger charge is -2.11. The number of ether oxygens (including phenoxy) is 1. The summed E-state index contributed by atoms with van der Waals surface area (Å²) in [6.45, 7) is 6.46. The Balaban J connectivity index is 0.00000420. The number of nitrogens with zero attached hydrogens (tertiary/aromatic N) is 1. The predicted octanol–water partition coefficient (Wildman–Crippen LogP) is 2.85. The van der Waals surface area contributed by atoms with E-state index in [9.17, 15) is 8.42 Å². The van der Waals surface area contributed by atoms with Crippen LogP contribution in [-0.4, -0.2) is 41.2 Å². The Labute approximate surface area is 194 Å². The van der Waals surface area contributed by atoms with Crippen molar-refractivity contribution in [3.8, 4) is 0 Å². The molecule has 3 N–H and O–H groups in total. The summed E-state index contributed by atoms with van der Waals surface area (Å²) in [5.41, 5.74) is 0.818. The molecular formula is C19H29IN4O3S2. The Morgan fingerprint density at radius 1 is 1.21 bits per heavy atom. The molecule has 1 aromatic heterocycles. The molecule has 0 aliphatic heterocycles. The van der Waals surface area contributed by atoms with E-state index in [4.69, 9.17) is 4.74 Å². The number of nitrogens with one attached hydrogen (secondary N) is 3. The van der Waals surface area contributed by atoms with E-state index in [0.717, 1.165) is 12.1 Å². The molecule has 29 heavy (non-hydrogen) atoms. The number of hydrogen-bond donors (Lipinski definition) is 3. The van der Waals surface area contributed by atoms with Gasteiger partial charge in [-0.1, -0.05) is 12.1 Å². The summed E-state index contributed by atoms with van der Waals surface area (Å²) >= 11 is 1.75. The molecule has 10 heteroatoms. The molecule has 0 spiro atoms. The first-order valence-corrected chi connectivity index (χ1v) is 11.4. The number of benzene rings is 1. The van der Waals surface area contributed by atoms with Crippen molar-refractivity contribution in [1.29, 1.82) is 0 Å². The summed E-state index contributed by atoms with van der Waals surface area (Å²) in [7, 11) is -2.03. The Morgan fingerprint density at radius 3 is 2.66 bits per heavy atom. The van der Waals surface area contributed by atoms with Gasteiger partial charge in [-0.25, -0.2) is 18.1 Å². The monoisotopic (exact) mass is 552 g/mol. The molecule has 0 bridgehead atoms. The van der Waals surface area contributed by atoms with Gasteiger partial charge in [0.05, 0.1) is 24.6 Å². The highest BCUT2D eigenvalue weighted by Gasteiger charge is 2.13. The van der Waals surface area contributed by atoms with Crippen LogP contribution in [0.15, 0.2) is 46.3 Å². The number of aryl methyl sites for hydroxylation is 1. The van der Waals surface area contributed by atoms with E-state index in [0.29, 0.717) is 25.7 Å². The number of rotatable bonds is 10. The van der Waals surface area contributed by atoms with Gasteiger partial charge in [-0.05, 0) is 43.7 Å². The van der Waals surface area contributed by atoms with Crippen LogP contribution in [-0.2, 0) is 27.8 Å². The molecule has 0 unspecified atom stereocenters. The Bertz CT molecular complexity index is 885. The second-order valence-electron chi connectivity index (χ2n) is 6.10. The summed E-state index contributed by atoms with van der Waals surface area (Å²) in [5, 5.41) is 6.51. The molecule has 0 saturated carbocycles. The number of hydrogen-bond acceptors (Lipinski definition) is 5. The first kappa shape index (κ1) is 25.8. The smallest absolute Gasteiger partial charge is 0.240 e. The van der Waals surface area contributed by atoms with Crippen molar-refractivity contribution in [3.05, 3.63) is 51.7 Å². The minimum absolute atomic E-state index is 0. The number of sulfonamides is 1. The van der Waals surface area contributed by atoms with Crippen molar-refractivity contribution >= 4 is 51.3 Å². The van der Waals surface area contributed by atoms with Crippen LogP contribution in [0, 0.1) is 6.92 Å². The summed E-state index contributed by atoms with van der Waals surface area (Å²) in [4.78, 5) is 7.30. The molecule has 0 radical (unpaired) electrons. The molecule has 7 nitrogen and oxygen atoms in total. The molecule has 0 aliphatic carbocycles. The highest BCUT2D eigenvalue weighted by Crippen LogP contribution is 2.15. The van der Waals surface area contributed by atoms with Crippen molar-refractivity contribution in [1.82, 2.24) is 15.4 Å². The molecule has 1 aromatic carbocycles. The average Bonchev–Trinajstić information content (AvgIpc) is 3.09. The first-order valence-electron chi connectivity index (χ1n) is 9.09. The van der Waals surface area contributed by atoms with Gasteiger partial charge < -0.3 is 15.4 Å². The van der Waals surface area contributed by atoms with Crippen LogP contribution < -0.4 is 15.4 Å². The molecule has 0 saturated heterocycles. The fraction of sp³-hybridized carbons (Fsp3) is 0.421. The van der Waals surface area contributed by atoms with Gasteiger partial charge in [0.15, 0.2) is 5.96 Å². The van der Waals surface area contributed by atoms with Gasteiger partial charge in [0.1, 0.15) is 0 Å². The lowest BCUT2D eigenvalue weighted by atomic mass is 10.2. The second kappa shape index (κ2) is 13.2. The van der Waals surface area contributed by atoms with E-state index in [-0.39, 0.29) is 35.4 Å². The van der Waals surface area contributed by atoms with Crippen molar-refractivity contribution in [2.75, 3.05) is 26.8 Å². The quantitative estimate of drug-likeness (QED) is 0.183. The van der Waals surface area contributed by atoms with Crippen LogP contribution in [0.1, 0.15) is 22.2 Å². The first-order chi connectivity index (χ1) is 13.4. The van der Waals surface area contributed by atoms with Gasteiger partial charge in [-0.15, -0.1) is 35.3 Å². The fourth-order valence-electron chi connectivity index (χ4n) is 2.44. The third-order valence-electron chi connectivity index (χ3n) is 3.80. The molecule has 2 aromatic rings. The lowest BCUT2D eigenvalue weighted by molar-refractivity contribution is 0.204. The van der Waals surface area contributed by atoms with E-state index in [1.54, 1.807) is 29.5 Å². The molecule has 0 fully saturated rings. The van der Waals surface area contributed by atoms with Gasteiger partial charge in [0.25, 0.3) is 0 Å². The van der Waals surface area contributed by atoms with E-state index < -0.39 is 10.0 Å². The highest BCUT2D eigenvalue weighted by atomic mass is 127. The van der Waals surface area contributed by atoms with Crippen molar-refractivity contribution in [2.45, 2.75) is 31.8 Å². The average molecular weight is 553 g/mol. The third kappa shape index (κ3) is 8.99. The minimum atomic E-state index is -3.56. The van der Waals surface area contributed by atoms with Gasteiger partial charge in [0, 0.05) is 30.0 Å². The zero-order valence-corrected chi connectivity index (χ0v) is 20.9. The van der Waals surface area contributed by atoms with Crippen LogP contribution in [0.25, 0.3) is 0 Å². The fourth-order valence-corrected chi connectivity index (χ4v) is 4.35. The predicted molar refractivity (Wildman–Crippen MR) is 130 cm³/mol. The van der Waals surface area contributed by atoms with Crippen LogP contribution >= 0.6 is 35.3 Å². The van der Waals surface area contributed by atoms with E-state index in [1.165, 1.54) is 16.9 Å². The van der Waals surface area contributed by atoms with E-state index in [2.05, 4.69) is 39.4 Å². The molecule has 0 aliphatic rings. The van der Waals surface area contributed by atoms with Gasteiger partial charge in [0.2, 0.25) is 10.0 Å². The summed E-state index contributed by atoms with van der Waals surface area (Å²) < 4.78 is 32.1. The number of thiophene rings is 1. The number of halogens is 1. The highest BCUT2D eigenvalue weighted by molar-refractivity contribution is 14.0. The number of methoxy groups -OCH3 is 1. The third-order valence-corrected chi connectivity index (χ3v) is 6.26. The van der Waals surface area contributed by atoms with Crippen molar-refractivity contribution < 1.29 is 13.2 Å². The molecule has 0 atom stereocenters. The van der Waals surface area contributed by atoms with Gasteiger partial charge >= 0.3 is 0 Å². The molecule has 0 amide bonds. The summed E-state index contributed by atoms with van der Waals surface area (Å²) in [6, 6.07) is 11.0. The standard InChI is InChI=1S/C19H28N4O3S2.HI/c1-4-20-19(22-14-17-9-8-15(2)27-17)21-13-16-6-5-7-18(12-16)28(24,25)23-10-11-26-3;/h5-9,12,23H,4,10-11,13-14H2,1-3H3,(H2,20,21,22);1H. The van der Waals surface area contributed by atoms with E-state index >= 15 is 0 Å². The Kier molecular flexibility index (Phi) is 11.7. The lowest BCUT2D eigenvalue weighted by Crippen LogP contribution is -2.36. The van der Waals surface area contributed by atoms with Crippen LogP contribution in [0.2, 0.25) is 0 Å². The normalized spacial score (nSPS) is 11.8. The Hall–Kier alpha value is -1.21. The van der Waals surface area contributed by atoms with E-state index in [1.807, 2.05) is 13.0 Å². The topological polar surface area (TPSA) is 91.8 Å². The maximum atomic E-state index is 12.3. The number of aliphatic imine (C=N–C) groups is 1. The zero-order chi connectivity index (χ0) is 20.4. The SMILES string of the molecule is CCNC(=NCc1cccc(S(=O)(=O)NCCOC)c1)NCc1ccc(C)s1.I. The molecule has 2 rings (SSSR count). The molecular weight excluding hydrogens is 523 g/mol.